The van der Waals surface area contributed by atoms with E-state index in [1.165, 1.54) is 29.2 Å². The Kier molecular flexibility index (Phi) is 7.66. The molecule has 1 atom stereocenters. The van der Waals surface area contributed by atoms with Crippen molar-refractivity contribution in [2.24, 2.45) is 0 Å². The van der Waals surface area contributed by atoms with Gasteiger partial charge in [-0.25, -0.2) is 0 Å². The number of piperazine rings is 1. The quantitative estimate of drug-likeness (QED) is 0.189. The van der Waals surface area contributed by atoms with Crippen LogP contribution >= 0.6 is 0 Å². The maximum atomic E-state index is 13.2. The van der Waals surface area contributed by atoms with Crippen molar-refractivity contribution in [3.63, 3.8) is 0 Å². The summed E-state index contributed by atoms with van der Waals surface area (Å²) in [5.41, 5.74) is 0.753. The Morgan fingerprint density at radius 3 is 2.31 bits per heavy atom. The van der Waals surface area contributed by atoms with Gasteiger partial charge >= 0.3 is 0 Å². The van der Waals surface area contributed by atoms with Crippen LogP contribution in [-0.2, 0) is 9.59 Å². The van der Waals surface area contributed by atoms with E-state index in [1.54, 1.807) is 24.3 Å². The molecular weight excluding hydrogens is 464 g/mol. The average molecular weight is 495 g/mol. The summed E-state index contributed by atoms with van der Waals surface area (Å²) in [6.45, 7) is 8.01. The lowest BCUT2D eigenvalue weighted by Gasteiger charge is -2.31. The average Bonchev–Trinajstić information content (AvgIpc) is 3.12. The predicted octanol–water partition coefficient (Wildman–Crippen LogP) is 2.71. The second kappa shape index (κ2) is 10.9. The molecule has 0 aromatic heterocycles. The topological polar surface area (TPSA) is 125 Å². The zero-order valence-electron chi connectivity index (χ0n) is 20.3. The molecule has 190 valence electrons. The van der Waals surface area contributed by atoms with Gasteiger partial charge in [0.1, 0.15) is 11.5 Å². The minimum atomic E-state index is -0.861. The summed E-state index contributed by atoms with van der Waals surface area (Å²) >= 11 is 0. The number of benzene rings is 2. The summed E-state index contributed by atoms with van der Waals surface area (Å²) in [5.74, 6) is -1.16. The van der Waals surface area contributed by atoms with Gasteiger partial charge in [0.2, 0.25) is 0 Å². The van der Waals surface area contributed by atoms with Crippen LogP contribution in [0.25, 0.3) is 5.76 Å². The molecule has 0 spiro atoms. The van der Waals surface area contributed by atoms with Crippen molar-refractivity contribution < 1.29 is 24.4 Å². The van der Waals surface area contributed by atoms with Gasteiger partial charge in [-0.3, -0.25) is 24.6 Å². The van der Waals surface area contributed by atoms with Crippen LogP contribution in [0, 0.1) is 10.1 Å². The van der Waals surface area contributed by atoms with E-state index >= 15 is 0 Å². The monoisotopic (exact) mass is 494 g/mol. The van der Waals surface area contributed by atoms with E-state index in [-0.39, 0.29) is 29.7 Å². The van der Waals surface area contributed by atoms with Crippen molar-refractivity contribution >= 4 is 23.1 Å². The second-order valence-electron chi connectivity index (χ2n) is 9.12. The SMILES string of the molecule is CC(C)Oc1ccc(/C(O)=C2\C(=O)C(=O)N(CCN3CCNCC3)[C@H]2c2ccc([N+](=O)[O-])cc2)cc1. The Morgan fingerprint density at radius 2 is 1.72 bits per heavy atom. The first kappa shape index (κ1) is 25.3. The van der Waals surface area contributed by atoms with E-state index in [9.17, 15) is 24.8 Å². The second-order valence-corrected chi connectivity index (χ2v) is 9.12. The van der Waals surface area contributed by atoms with E-state index in [0.29, 0.717) is 23.4 Å². The van der Waals surface area contributed by atoms with Crippen molar-refractivity contribution in [2.75, 3.05) is 39.3 Å². The molecule has 10 heteroatoms. The summed E-state index contributed by atoms with van der Waals surface area (Å²) < 4.78 is 5.65. The number of nitro groups is 1. The third-order valence-corrected chi connectivity index (χ3v) is 6.33. The van der Waals surface area contributed by atoms with E-state index in [2.05, 4.69) is 10.2 Å². The molecule has 0 aliphatic carbocycles. The Bertz CT molecular complexity index is 1150. The number of non-ortho nitro benzene ring substituents is 1. The number of Topliss-reactive ketones (excluding diaryl/α,β-unsaturated/α-hetero) is 1. The zero-order chi connectivity index (χ0) is 25.8. The summed E-state index contributed by atoms with van der Waals surface area (Å²) in [7, 11) is 0. The Balaban J connectivity index is 1.71. The van der Waals surface area contributed by atoms with Gasteiger partial charge in [-0.1, -0.05) is 0 Å². The zero-order valence-corrected chi connectivity index (χ0v) is 20.3. The predicted molar refractivity (Wildman–Crippen MR) is 134 cm³/mol. The van der Waals surface area contributed by atoms with Crippen LogP contribution in [0.15, 0.2) is 54.1 Å². The van der Waals surface area contributed by atoms with Crippen LogP contribution in [0.2, 0.25) is 0 Å². The summed E-state index contributed by atoms with van der Waals surface area (Å²) in [4.78, 5) is 40.6. The van der Waals surface area contributed by atoms with Gasteiger partial charge in [0.15, 0.2) is 0 Å². The van der Waals surface area contributed by atoms with Crippen LogP contribution in [0.1, 0.15) is 31.0 Å². The van der Waals surface area contributed by atoms with Gasteiger partial charge in [0, 0.05) is 57.0 Å². The van der Waals surface area contributed by atoms with Gasteiger partial charge < -0.3 is 20.1 Å². The molecule has 4 rings (SSSR count). The highest BCUT2D eigenvalue weighted by Gasteiger charge is 2.46. The Labute approximate surface area is 209 Å². The number of carbonyl (C=O) groups excluding carboxylic acids is 2. The first-order chi connectivity index (χ1) is 17.3. The lowest BCUT2D eigenvalue weighted by molar-refractivity contribution is -0.384. The third-order valence-electron chi connectivity index (χ3n) is 6.33. The van der Waals surface area contributed by atoms with Gasteiger partial charge in [-0.2, -0.15) is 0 Å². The number of nitrogens with zero attached hydrogens (tertiary/aromatic N) is 3. The number of nitrogens with one attached hydrogen (secondary N) is 1. The number of ketones is 1. The summed E-state index contributed by atoms with van der Waals surface area (Å²) in [6.07, 6.45) is -0.0207. The van der Waals surface area contributed by atoms with E-state index in [4.69, 9.17) is 4.74 Å². The Morgan fingerprint density at radius 1 is 1.08 bits per heavy atom. The van der Waals surface area contributed by atoms with Crippen LogP contribution in [0.5, 0.6) is 5.75 Å². The molecule has 2 saturated heterocycles. The van der Waals surface area contributed by atoms with Crippen LogP contribution in [-0.4, -0.2) is 76.9 Å². The fraction of sp³-hybridized carbons (Fsp3) is 0.385. The van der Waals surface area contributed by atoms with Crippen molar-refractivity contribution in [3.05, 3.63) is 75.3 Å². The minimum Gasteiger partial charge on any atom is -0.507 e. The first-order valence-corrected chi connectivity index (χ1v) is 12.0. The number of ether oxygens (including phenoxy) is 1. The normalized spacial score (nSPS) is 20.2. The molecule has 0 saturated carbocycles. The number of hydrogen-bond donors (Lipinski definition) is 2. The highest BCUT2D eigenvalue weighted by Crippen LogP contribution is 2.40. The van der Waals surface area contributed by atoms with E-state index < -0.39 is 22.7 Å². The van der Waals surface area contributed by atoms with Crippen molar-refractivity contribution in [1.29, 1.82) is 0 Å². The van der Waals surface area contributed by atoms with Crippen molar-refractivity contribution in [3.8, 4) is 5.75 Å². The molecule has 0 bridgehead atoms. The van der Waals surface area contributed by atoms with Gasteiger partial charge in [0.05, 0.1) is 22.6 Å². The number of amides is 1. The molecule has 2 fully saturated rings. The van der Waals surface area contributed by atoms with Crippen LogP contribution < -0.4 is 10.1 Å². The molecule has 2 N–H and O–H groups in total. The van der Waals surface area contributed by atoms with Crippen molar-refractivity contribution in [2.45, 2.75) is 26.0 Å². The Hall–Kier alpha value is -3.76. The minimum absolute atomic E-state index is 0.0207. The standard InChI is InChI=1S/C26H30N4O6/c1-17(2)36-21-9-5-19(6-10-21)24(31)22-23(18-3-7-20(8-4-18)30(34)35)29(26(33)25(22)32)16-15-28-13-11-27-12-14-28/h3-10,17,23,27,31H,11-16H2,1-2H3/b24-22+/t23-/m0/s1. The summed E-state index contributed by atoms with van der Waals surface area (Å²) in [6, 6.07) is 11.5. The number of nitro benzene ring substituents is 1. The molecule has 0 radical (unpaired) electrons. The molecular formula is C26H30N4O6. The molecule has 0 unspecified atom stereocenters. The highest BCUT2D eigenvalue weighted by atomic mass is 16.6. The van der Waals surface area contributed by atoms with Gasteiger partial charge in [0.25, 0.3) is 17.4 Å². The van der Waals surface area contributed by atoms with E-state index in [1.807, 2.05) is 13.8 Å². The maximum Gasteiger partial charge on any atom is 0.295 e. The summed E-state index contributed by atoms with van der Waals surface area (Å²) in [5, 5.41) is 25.6. The smallest absolute Gasteiger partial charge is 0.295 e. The molecule has 2 aliphatic heterocycles. The van der Waals surface area contributed by atoms with Crippen molar-refractivity contribution in [1.82, 2.24) is 15.1 Å². The lowest BCUT2D eigenvalue weighted by atomic mass is 9.95. The number of likely N-dealkylation sites (tertiary alicyclic amines) is 1. The molecule has 2 heterocycles. The number of rotatable bonds is 8. The van der Waals surface area contributed by atoms with Gasteiger partial charge in [-0.15, -0.1) is 0 Å². The fourth-order valence-corrected chi connectivity index (χ4v) is 4.54. The largest absolute Gasteiger partial charge is 0.507 e. The number of carbonyl (C=O) groups is 2. The van der Waals surface area contributed by atoms with Gasteiger partial charge in [-0.05, 0) is 55.8 Å². The maximum absolute atomic E-state index is 13.2. The fourth-order valence-electron chi connectivity index (χ4n) is 4.54. The van der Waals surface area contributed by atoms with Crippen LogP contribution in [0.4, 0.5) is 5.69 Å². The van der Waals surface area contributed by atoms with Crippen LogP contribution in [0.3, 0.4) is 0 Å². The number of aliphatic hydroxyl groups is 1. The lowest BCUT2D eigenvalue weighted by Crippen LogP contribution is -2.46. The number of hydrogen-bond acceptors (Lipinski definition) is 8. The molecule has 36 heavy (non-hydrogen) atoms. The molecule has 2 aromatic carbocycles. The first-order valence-electron chi connectivity index (χ1n) is 12.0. The van der Waals surface area contributed by atoms with E-state index in [0.717, 1.165) is 26.2 Å². The molecule has 2 aromatic rings. The third kappa shape index (κ3) is 5.39. The highest BCUT2D eigenvalue weighted by molar-refractivity contribution is 6.46. The molecule has 2 aliphatic rings. The molecule has 1 amide bonds. The molecule has 10 nitrogen and oxygen atoms in total. The number of aliphatic hydroxyl groups excluding tert-OH is 1.